The Hall–Kier alpha value is -2.19. The molecule has 0 radical (unpaired) electrons. The summed E-state index contributed by atoms with van der Waals surface area (Å²) < 4.78 is 5.15. The molecule has 1 amide bonds. The summed E-state index contributed by atoms with van der Waals surface area (Å²) in [5.41, 5.74) is 0.363. The normalized spacial score (nSPS) is 10.1. The van der Waals surface area contributed by atoms with Crippen LogP contribution in [0.3, 0.4) is 0 Å². The van der Waals surface area contributed by atoms with Gasteiger partial charge in [0.1, 0.15) is 11.2 Å². The number of anilines is 1. The predicted octanol–water partition coefficient (Wildman–Crippen LogP) is 4.15. The van der Waals surface area contributed by atoms with E-state index in [0.29, 0.717) is 0 Å². The van der Waals surface area contributed by atoms with Crippen molar-refractivity contribution in [1.82, 2.24) is 4.98 Å². The third-order valence-electron chi connectivity index (χ3n) is 2.54. The number of halogens is 2. The largest absolute Gasteiger partial charge is 0.444 e. The van der Waals surface area contributed by atoms with Gasteiger partial charge in [-0.05, 0) is 21.5 Å². The summed E-state index contributed by atoms with van der Waals surface area (Å²) in [5, 5.41) is 13.2. The first kappa shape index (κ1) is 16.2. The predicted molar refractivity (Wildman–Crippen MR) is 83.9 cm³/mol. The molecule has 0 aliphatic rings. The second kappa shape index (κ2) is 7.19. The van der Waals surface area contributed by atoms with E-state index in [-0.39, 0.29) is 22.1 Å². The van der Waals surface area contributed by atoms with Crippen molar-refractivity contribution in [3.05, 3.63) is 61.7 Å². The lowest BCUT2D eigenvalue weighted by Gasteiger charge is -2.07. The molecule has 9 heteroatoms. The van der Waals surface area contributed by atoms with E-state index in [9.17, 15) is 14.9 Å². The molecule has 1 N–H and O–H groups in total. The SMILES string of the molecule is O=C(Nc1nc(Br)c(Cl)cc1[N+](=O)[O-])OCc1ccccc1. The molecule has 1 heterocycles. The number of nitrogens with one attached hydrogen (secondary N) is 1. The number of rotatable bonds is 4. The molecule has 0 bridgehead atoms. The fourth-order valence-electron chi connectivity index (χ4n) is 1.54. The molecular weight excluding hydrogens is 378 g/mol. The first-order valence-corrected chi connectivity index (χ1v) is 7.12. The van der Waals surface area contributed by atoms with Crippen molar-refractivity contribution in [1.29, 1.82) is 0 Å². The molecule has 0 saturated carbocycles. The van der Waals surface area contributed by atoms with Crippen molar-refractivity contribution < 1.29 is 14.5 Å². The standard InChI is InChI=1S/C13H9BrClN3O4/c14-11-9(15)6-10(18(20)21)12(16-11)17-13(19)22-7-8-4-2-1-3-5-8/h1-6H,7H2,(H,16,17,19). The quantitative estimate of drug-likeness (QED) is 0.484. The van der Waals surface area contributed by atoms with Crippen LogP contribution in [0, 0.1) is 10.1 Å². The van der Waals surface area contributed by atoms with Gasteiger partial charge in [0, 0.05) is 6.07 Å². The Morgan fingerprint density at radius 3 is 2.73 bits per heavy atom. The third kappa shape index (κ3) is 4.15. The van der Waals surface area contributed by atoms with E-state index in [0.717, 1.165) is 11.6 Å². The molecule has 1 aromatic carbocycles. The maximum Gasteiger partial charge on any atom is 0.413 e. The van der Waals surface area contributed by atoms with Gasteiger partial charge < -0.3 is 4.74 Å². The fourth-order valence-corrected chi connectivity index (χ4v) is 1.98. The van der Waals surface area contributed by atoms with Gasteiger partial charge in [-0.25, -0.2) is 9.78 Å². The van der Waals surface area contributed by atoms with Crippen molar-refractivity contribution in [2.45, 2.75) is 6.61 Å². The molecule has 0 unspecified atom stereocenters. The minimum Gasteiger partial charge on any atom is -0.444 e. The van der Waals surface area contributed by atoms with Crippen LogP contribution >= 0.6 is 27.5 Å². The van der Waals surface area contributed by atoms with Crippen molar-refractivity contribution in [3.8, 4) is 0 Å². The molecule has 7 nitrogen and oxygen atoms in total. The number of nitro groups is 1. The van der Waals surface area contributed by atoms with Crippen molar-refractivity contribution in [2.24, 2.45) is 0 Å². The van der Waals surface area contributed by atoms with Crippen molar-refractivity contribution >= 4 is 45.1 Å². The number of pyridine rings is 1. The van der Waals surface area contributed by atoms with Crippen LogP contribution in [0.15, 0.2) is 41.0 Å². The number of amides is 1. The highest BCUT2D eigenvalue weighted by atomic mass is 79.9. The summed E-state index contributed by atoms with van der Waals surface area (Å²) in [5.74, 6) is -0.251. The lowest BCUT2D eigenvalue weighted by atomic mass is 10.2. The van der Waals surface area contributed by atoms with Gasteiger partial charge in [-0.2, -0.15) is 0 Å². The smallest absolute Gasteiger partial charge is 0.413 e. The summed E-state index contributed by atoms with van der Waals surface area (Å²) in [6, 6.07) is 10.1. The Morgan fingerprint density at radius 1 is 1.41 bits per heavy atom. The summed E-state index contributed by atoms with van der Waals surface area (Å²) in [6.07, 6.45) is -0.853. The fraction of sp³-hybridized carbons (Fsp3) is 0.0769. The van der Waals surface area contributed by atoms with Crippen molar-refractivity contribution in [3.63, 3.8) is 0 Å². The van der Waals surface area contributed by atoms with Crippen LogP contribution in [0.1, 0.15) is 5.56 Å². The van der Waals surface area contributed by atoms with Crippen LogP contribution in [0.5, 0.6) is 0 Å². The minimum atomic E-state index is -0.853. The van der Waals surface area contributed by atoms with Crippen LogP contribution in [0.2, 0.25) is 5.02 Å². The Morgan fingerprint density at radius 2 is 2.09 bits per heavy atom. The highest BCUT2D eigenvalue weighted by molar-refractivity contribution is 9.10. The molecular formula is C13H9BrClN3O4. The van der Waals surface area contributed by atoms with Crippen LogP contribution in [0.4, 0.5) is 16.3 Å². The second-order valence-corrected chi connectivity index (χ2v) is 5.23. The molecule has 0 aliphatic heterocycles. The van der Waals surface area contributed by atoms with E-state index in [1.54, 1.807) is 24.3 Å². The maximum atomic E-state index is 11.7. The van der Waals surface area contributed by atoms with Crippen LogP contribution in [-0.2, 0) is 11.3 Å². The van der Waals surface area contributed by atoms with Crippen LogP contribution in [0.25, 0.3) is 0 Å². The molecule has 1 aromatic heterocycles. The van der Waals surface area contributed by atoms with E-state index >= 15 is 0 Å². The first-order chi connectivity index (χ1) is 10.5. The summed E-state index contributed by atoms with van der Waals surface area (Å²) in [4.78, 5) is 25.8. The maximum absolute atomic E-state index is 11.7. The highest BCUT2D eigenvalue weighted by Crippen LogP contribution is 2.30. The van der Waals surface area contributed by atoms with E-state index in [1.165, 1.54) is 0 Å². The van der Waals surface area contributed by atoms with E-state index in [4.69, 9.17) is 16.3 Å². The zero-order chi connectivity index (χ0) is 16.1. The number of nitrogens with zero attached hydrogens (tertiary/aromatic N) is 2. The van der Waals surface area contributed by atoms with Gasteiger partial charge in [-0.15, -0.1) is 0 Å². The topological polar surface area (TPSA) is 94.4 Å². The van der Waals surface area contributed by atoms with E-state index < -0.39 is 16.7 Å². The molecule has 22 heavy (non-hydrogen) atoms. The Labute approximate surface area is 138 Å². The molecule has 0 aliphatic carbocycles. The number of hydrogen-bond donors (Lipinski definition) is 1. The molecule has 2 rings (SSSR count). The molecule has 0 saturated heterocycles. The average molecular weight is 387 g/mol. The Kier molecular flexibility index (Phi) is 5.29. The highest BCUT2D eigenvalue weighted by Gasteiger charge is 2.21. The second-order valence-electron chi connectivity index (χ2n) is 4.07. The van der Waals surface area contributed by atoms with Gasteiger partial charge in [-0.3, -0.25) is 15.4 Å². The molecule has 0 atom stereocenters. The third-order valence-corrected chi connectivity index (χ3v) is 3.66. The van der Waals surface area contributed by atoms with Gasteiger partial charge in [-0.1, -0.05) is 41.9 Å². The number of ether oxygens (including phenoxy) is 1. The van der Waals surface area contributed by atoms with Gasteiger partial charge >= 0.3 is 11.8 Å². The van der Waals surface area contributed by atoms with E-state index in [1.807, 2.05) is 6.07 Å². The van der Waals surface area contributed by atoms with Gasteiger partial charge in [0.2, 0.25) is 5.82 Å². The van der Waals surface area contributed by atoms with Gasteiger partial charge in [0.25, 0.3) is 0 Å². The molecule has 0 fully saturated rings. The molecule has 2 aromatic rings. The summed E-state index contributed by atoms with van der Waals surface area (Å²) in [6.45, 7) is 0.0369. The molecule has 114 valence electrons. The number of hydrogen-bond acceptors (Lipinski definition) is 5. The summed E-state index contributed by atoms with van der Waals surface area (Å²) >= 11 is 8.79. The van der Waals surface area contributed by atoms with Gasteiger partial charge in [0.15, 0.2) is 0 Å². The average Bonchev–Trinajstić information content (AvgIpc) is 2.49. The summed E-state index contributed by atoms with van der Waals surface area (Å²) in [7, 11) is 0. The zero-order valence-electron chi connectivity index (χ0n) is 11.0. The van der Waals surface area contributed by atoms with Crippen molar-refractivity contribution in [2.75, 3.05) is 5.32 Å². The number of carbonyl (C=O) groups excluding carboxylic acids is 1. The monoisotopic (exact) mass is 385 g/mol. The number of benzene rings is 1. The van der Waals surface area contributed by atoms with E-state index in [2.05, 4.69) is 26.2 Å². The minimum absolute atomic E-state index is 0.0369. The number of aromatic nitrogens is 1. The zero-order valence-corrected chi connectivity index (χ0v) is 13.3. The Balaban J connectivity index is 2.08. The lowest BCUT2D eigenvalue weighted by Crippen LogP contribution is -2.15. The van der Waals surface area contributed by atoms with Gasteiger partial charge in [0.05, 0.1) is 9.95 Å². The number of carbonyl (C=O) groups is 1. The van der Waals surface area contributed by atoms with Crippen LogP contribution in [-0.4, -0.2) is 16.0 Å². The molecule has 0 spiro atoms. The Bertz CT molecular complexity index is 712. The lowest BCUT2D eigenvalue weighted by molar-refractivity contribution is -0.384. The first-order valence-electron chi connectivity index (χ1n) is 5.95. The van der Waals surface area contributed by atoms with Crippen LogP contribution < -0.4 is 5.32 Å².